The van der Waals surface area contributed by atoms with Gasteiger partial charge in [-0.2, -0.15) is 4.31 Å². The van der Waals surface area contributed by atoms with Gasteiger partial charge in [0, 0.05) is 25.2 Å². The van der Waals surface area contributed by atoms with Crippen molar-refractivity contribution in [2.24, 2.45) is 0 Å². The first-order valence-electron chi connectivity index (χ1n) is 6.16. The summed E-state index contributed by atoms with van der Waals surface area (Å²) in [5.41, 5.74) is 0.844. The summed E-state index contributed by atoms with van der Waals surface area (Å²) in [6.45, 7) is 5.54. The Hall–Kier alpha value is -0.910. The van der Waals surface area contributed by atoms with Gasteiger partial charge in [-0.1, -0.05) is 30.3 Å². The van der Waals surface area contributed by atoms with Gasteiger partial charge in [-0.15, -0.1) is 0 Å². The van der Waals surface area contributed by atoms with Crippen LogP contribution in [0.2, 0.25) is 0 Å². The zero-order valence-electron chi connectivity index (χ0n) is 10.9. The first kappa shape index (κ1) is 13.5. The van der Waals surface area contributed by atoms with Crippen molar-refractivity contribution in [3.8, 4) is 0 Å². The average molecular weight is 268 g/mol. The highest BCUT2D eigenvalue weighted by atomic mass is 32.2. The highest BCUT2D eigenvalue weighted by Crippen LogP contribution is 2.17. The van der Waals surface area contributed by atoms with E-state index in [1.807, 2.05) is 44.2 Å². The smallest absolute Gasteiger partial charge is 0.215 e. The van der Waals surface area contributed by atoms with Crippen LogP contribution in [0.15, 0.2) is 30.3 Å². The fourth-order valence-corrected chi connectivity index (χ4v) is 3.67. The average Bonchev–Trinajstić information content (AvgIpc) is 2.37. The molecule has 1 N–H and O–H groups in total. The molecule has 4 nitrogen and oxygen atoms in total. The Bertz CT molecular complexity index is 497. The second-order valence-electron chi connectivity index (χ2n) is 5.38. The number of hydrogen-bond acceptors (Lipinski definition) is 3. The van der Waals surface area contributed by atoms with Gasteiger partial charge in [-0.05, 0) is 19.4 Å². The van der Waals surface area contributed by atoms with Gasteiger partial charge in [-0.3, -0.25) is 0 Å². The van der Waals surface area contributed by atoms with E-state index in [4.69, 9.17) is 0 Å². The van der Waals surface area contributed by atoms with Gasteiger partial charge >= 0.3 is 0 Å². The van der Waals surface area contributed by atoms with Gasteiger partial charge in [0.2, 0.25) is 10.0 Å². The van der Waals surface area contributed by atoms with Gasteiger partial charge in [0.05, 0.1) is 5.75 Å². The van der Waals surface area contributed by atoms with Gasteiger partial charge in [0.1, 0.15) is 0 Å². The standard InChI is InChI=1S/C13H20N2O2S/c1-13(2)11-15(18(16,17)9-8-14-13)10-12-6-4-3-5-7-12/h3-7,14H,8-11H2,1-2H3. The molecule has 2 rings (SSSR count). The van der Waals surface area contributed by atoms with Crippen LogP contribution >= 0.6 is 0 Å². The highest BCUT2D eigenvalue weighted by Gasteiger charge is 2.32. The van der Waals surface area contributed by atoms with E-state index < -0.39 is 10.0 Å². The van der Waals surface area contributed by atoms with E-state index in [9.17, 15) is 8.42 Å². The topological polar surface area (TPSA) is 49.4 Å². The molecule has 1 aromatic carbocycles. The van der Waals surface area contributed by atoms with Crippen LogP contribution in [0.3, 0.4) is 0 Å². The van der Waals surface area contributed by atoms with E-state index in [1.54, 1.807) is 4.31 Å². The third-order valence-electron chi connectivity index (χ3n) is 3.13. The first-order chi connectivity index (χ1) is 8.39. The summed E-state index contributed by atoms with van der Waals surface area (Å²) in [6, 6.07) is 9.72. The fraction of sp³-hybridized carbons (Fsp3) is 0.538. The van der Waals surface area contributed by atoms with Crippen LogP contribution in [0.25, 0.3) is 0 Å². The molecule has 100 valence electrons. The number of nitrogens with zero attached hydrogens (tertiary/aromatic N) is 1. The first-order valence-corrected chi connectivity index (χ1v) is 7.77. The molecule has 1 heterocycles. The van der Waals surface area contributed by atoms with Gasteiger partial charge in [-0.25, -0.2) is 8.42 Å². The Morgan fingerprint density at radius 1 is 1.28 bits per heavy atom. The van der Waals surface area contributed by atoms with Crippen molar-refractivity contribution in [3.63, 3.8) is 0 Å². The van der Waals surface area contributed by atoms with Crippen molar-refractivity contribution in [1.29, 1.82) is 0 Å². The van der Waals surface area contributed by atoms with E-state index in [-0.39, 0.29) is 11.3 Å². The normalized spacial score (nSPS) is 23.4. The van der Waals surface area contributed by atoms with Crippen molar-refractivity contribution in [2.45, 2.75) is 25.9 Å². The van der Waals surface area contributed by atoms with Crippen LogP contribution in [0.4, 0.5) is 0 Å². The summed E-state index contributed by atoms with van der Waals surface area (Å²) < 4.78 is 25.9. The lowest BCUT2D eigenvalue weighted by Gasteiger charge is -2.29. The second-order valence-corrected chi connectivity index (χ2v) is 7.47. The van der Waals surface area contributed by atoms with Crippen LogP contribution < -0.4 is 5.32 Å². The van der Waals surface area contributed by atoms with Crippen LogP contribution in [-0.4, -0.2) is 37.1 Å². The molecule has 0 unspecified atom stereocenters. The molecule has 0 spiro atoms. The van der Waals surface area contributed by atoms with Crippen LogP contribution in [0.1, 0.15) is 19.4 Å². The predicted octanol–water partition coefficient (Wildman–Crippen LogP) is 1.20. The molecule has 0 aromatic heterocycles. The molecular weight excluding hydrogens is 248 g/mol. The summed E-state index contributed by atoms with van der Waals surface area (Å²) >= 11 is 0. The minimum Gasteiger partial charge on any atom is -0.309 e. The molecule has 0 atom stereocenters. The Balaban J connectivity index is 2.22. The Morgan fingerprint density at radius 3 is 2.61 bits per heavy atom. The van der Waals surface area contributed by atoms with Crippen LogP contribution in [0.5, 0.6) is 0 Å². The largest absolute Gasteiger partial charge is 0.309 e. The second kappa shape index (κ2) is 4.99. The predicted molar refractivity (Wildman–Crippen MR) is 72.7 cm³/mol. The molecule has 0 amide bonds. The van der Waals surface area contributed by atoms with Crippen molar-refractivity contribution >= 4 is 10.0 Å². The maximum Gasteiger partial charge on any atom is 0.215 e. The Labute approximate surface area is 109 Å². The minimum atomic E-state index is -3.16. The lowest BCUT2D eigenvalue weighted by Crippen LogP contribution is -2.46. The molecule has 1 aliphatic heterocycles. The third kappa shape index (κ3) is 3.31. The number of rotatable bonds is 2. The van der Waals surface area contributed by atoms with Crippen LogP contribution in [-0.2, 0) is 16.6 Å². The maximum atomic E-state index is 12.2. The third-order valence-corrected chi connectivity index (χ3v) is 4.90. The van der Waals surface area contributed by atoms with Crippen molar-refractivity contribution in [1.82, 2.24) is 9.62 Å². The Kier molecular flexibility index (Phi) is 3.75. The molecule has 0 radical (unpaired) electrons. The summed E-state index contributed by atoms with van der Waals surface area (Å²) in [7, 11) is -3.16. The molecule has 1 aliphatic rings. The fourth-order valence-electron chi connectivity index (χ4n) is 2.18. The molecule has 1 saturated heterocycles. The molecule has 0 bridgehead atoms. The Morgan fingerprint density at radius 2 is 1.94 bits per heavy atom. The molecule has 1 fully saturated rings. The van der Waals surface area contributed by atoms with Crippen molar-refractivity contribution in [3.05, 3.63) is 35.9 Å². The molecule has 0 saturated carbocycles. The minimum absolute atomic E-state index is 0.170. The van der Waals surface area contributed by atoms with E-state index in [0.717, 1.165) is 5.56 Å². The monoisotopic (exact) mass is 268 g/mol. The summed E-state index contributed by atoms with van der Waals surface area (Å²) in [6.07, 6.45) is 0. The number of sulfonamides is 1. The van der Waals surface area contributed by atoms with Gasteiger partial charge < -0.3 is 5.32 Å². The van der Waals surface area contributed by atoms with Gasteiger partial charge in [0.25, 0.3) is 0 Å². The molecule has 1 aromatic rings. The molecule has 18 heavy (non-hydrogen) atoms. The quantitative estimate of drug-likeness (QED) is 0.877. The van der Waals surface area contributed by atoms with Crippen molar-refractivity contribution in [2.75, 3.05) is 18.8 Å². The number of hydrogen-bond donors (Lipinski definition) is 1. The molecule has 5 heteroatoms. The lowest BCUT2D eigenvalue weighted by atomic mass is 10.1. The highest BCUT2D eigenvalue weighted by molar-refractivity contribution is 7.89. The van der Waals surface area contributed by atoms with E-state index in [1.165, 1.54) is 0 Å². The summed E-state index contributed by atoms with van der Waals surface area (Å²) in [5, 5.41) is 3.27. The van der Waals surface area contributed by atoms with Gasteiger partial charge in [0.15, 0.2) is 0 Å². The van der Waals surface area contributed by atoms with E-state index in [2.05, 4.69) is 5.32 Å². The zero-order valence-corrected chi connectivity index (χ0v) is 11.7. The lowest BCUT2D eigenvalue weighted by molar-refractivity contribution is 0.300. The summed E-state index contributed by atoms with van der Waals surface area (Å²) in [4.78, 5) is 0. The zero-order chi connectivity index (χ0) is 13.2. The van der Waals surface area contributed by atoms with E-state index in [0.29, 0.717) is 19.6 Å². The van der Waals surface area contributed by atoms with E-state index >= 15 is 0 Å². The number of nitrogens with one attached hydrogen (secondary N) is 1. The summed E-state index contributed by atoms with van der Waals surface area (Å²) in [5.74, 6) is 0.170. The van der Waals surface area contributed by atoms with Crippen LogP contribution in [0, 0.1) is 0 Å². The number of benzene rings is 1. The molecular formula is C13H20N2O2S. The molecule has 0 aliphatic carbocycles. The SMILES string of the molecule is CC1(C)CN(Cc2ccccc2)S(=O)(=O)CCN1. The van der Waals surface area contributed by atoms with Crippen molar-refractivity contribution < 1.29 is 8.42 Å². The maximum absolute atomic E-state index is 12.2.